The highest BCUT2D eigenvalue weighted by molar-refractivity contribution is 5.97. The van der Waals surface area contributed by atoms with Gasteiger partial charge in [-0.15, -0.1) is 0 Å². The lowest BCUT2D eigenvalue weighted by atomic mass is 9.71. The number of amides is 3. The third-order valence-electron chi connectivity index (χ3n) is 9.02. The fraction of sp³-hybridized carbons (Fsp3) is 0.625. The summed E-state index contributed by atoms with van der Waals surface area (Å²) in [5.41, 5.74) is 16.0. The number of aliphatic hydroxyl groups excluding tert-OH is 1. The molecule has 276 valence electrons. The maximum absolute atomic E-state index is 12.3. The Bertz CT molecular complexity index is 1500. The van der Waals surface area contributed by atoms with Crippen molar-refractivity contribution >= 4 is 41.3 Å². The quantitative estimate of drug-likeness (QED) is 0.0583. The van der Waals surface area contributed by atoms with Gasteiger partial charge in [0, 0.05) is 56.9 Å². The standard InChI is InChI=1S/C17H26N8O5.C15H23NO4/c1-24(16(20)21)6-4-9(18)8-12(26)22-10-2-3-13(30-14(10)15(27)28)25-7-5-11(19)23-17(25)29;1-8-3-9(2)15(20)11(4-8)12(17)5-10-6-13(18)16-14(19)7-10/h2-3,5,7,9-10,13-14H,4,6,8,18H2,1H3,(H3,20,21)(H,22,26)(H,27,28)(H2,19,23,29);8-12,17H,3-7H2,1-2H3,(H,16,18,19)/t9?,10-,13+,14-;8-,9-,11-,12+/m00/s1. The summed E-state index contributed by atoms with van der Waals surface area (Å²) in [6.45, 7) is 4.41. The highest BCUT2D eigenvalue weighted by Crippen LogP contribution is 2.34. The van der Waals surface area contributed by atoms with Crippen LogP contribution in [0.3, 0.4) is 0 Å². The zero-order valence-electron chi connectivity index (χ0n) is 28.5. The van der Waals surface area contributed by atoms with Crippen molar-refractivity contribution < 1.29 is 38.9 Å². The molecule has 1 aromatic heterocycles. The number of hydrogen-bond donors (Lipinski definition) is 8. The Balaban J connectivity index is 0.000000292. The first kappa shape index (κ1) is 39.8. The van der Waals surface area contributed by atoms with Crippen LogP contribution in [0, 0.1) is 29.1 Å². The number of piperidine rings is 1. The SMILES string of the molecule is CN(CCC(N)CC(=O)N[C@H]1C=C[C@H](n2ccc(N)nc2=O)O[C@@H]1C(=O)O)C(=N)N.C[C@@H]1C[C@@H]([C@H](O)CC2CC(=O)NC(=O)C2)C(=O)[C@@H](C)C1. The smallest absolute Gasteiger partial charge is 0.351 e. The molecule has 1 aromatic rings. The van der Waals surface area contributed by atoms with E-state index < -0.39 is 48.1 Å². The number of nitrogens with two attached hydrogens (primary N) is 3. The first-order valence-electron chi connectivity index (χ1n) is 16.5. The molecule has 0 bridgehead atoms. The normalized spacial score (nSPS) is 26.5. The van der Waals surface area contributed by atoms with Gasteiger partial charge < -0.3 is 42.4 Å². The Hall–Kier alpha value is -4.68. The monoisotopic (exact) mass is 703 g/mol. The molecule has 0 aromatic carbocycles. The number of guanidine groups is 1. The van der Waals surface area contributed by atoms with Gasteiger partial charge in [-0.25, -0.2) is 9.59 Å². The molecule has 11 N–H and O–H groups in total. The zero-order chi connectivity index (χ0) is 37.3. The van der Waals surface area contributed by atoms with E-state index in [4.69, 9.17) is 27.3 Å². The van der Waals surface area contributed by atoms with Gasteiger partial charge in [-0.2, -0.15) is 4.98 Å². The maximum atomic E-state index is 12.3. The lowest BCUT2D eigenvalue weighted by Crippen LogP contribution is -2.51. The van der Waals surface area contributed by atoms with Gasteiger partial charge in [0.25, 0.3) is 0 Å². The predicted octanol–water partition coefficient (Wildman–Crippen LogP) is -1.18. The number of aromatic nitrogens is 2. The lowest BCUT2D eigenvalue weighted by molar-refractivity contribution is -0.159. The number of anilines is 1. The number of nitrogen functional groups attached to an aromatic ring is 1. The maximum Gasteiger partial charge on any atom is 0.351 e. The van der Waals surface area contributed by atoms with Gasteiger partial charge in [0.05, 0.1) is 12.1 Å². The number of carbonyl (C=O) groups is 5. The van der Waals surface area contributed by atoms with Gasteiger partial charge in [-0.3, -0.25) is 34.5 Å². The number of nitrogens with zero attached hydrogens (tertiary/aromatic N) is 3. The van der Waals surface area contributed by atoms with Crippen LogP contribution in [0.5, 0.6) is 0 Å². The van der Waals surface area contributed by atoms with Gasteiger partial charge >= 0.3 is 11.7 Å². The van der Waals surface area contributed by atoms with Gasteiger partial charge in [-0.1, -0.05) is 19.9 Å². The molecule has 3 heterocycles. The summed E-state index contributed by atoms with van der Waals surface area (Å²) >= 11 is 0. The van der Waals surface area contributed by atoms with E-state index in [2.05, 4.69) is 22.5 Å². The van der Waals surface area contributed by atoms with Crippen LogP contribution in [0.1, 0.15) is 65.0 Å². The van der Waals surface area contributed by atoms with E-state index in [1.54, 1.807) is 7.05 Å². The van der Waals surface area contributed by atoms with E-state index in [0.29, 0.717) is 31.7 Å². The molecular weight excluding hydrogens is 654 g/mol. The molecule has 50 heavy (non-hydrogen) atoms. The third kappa shape index (κ3) is 11.4. The highest BCUT2D eigenvalue weighted by Gasteiger charge is 2.38. The molecule has 18 nitrogen and oxygen atoms in total. The van der Waals surface area contributed by atoms with E-state index >= 15 is 0 Å². The number of aliphatic carboxylic acids is 1. The number of hydrogen-bond acceptors (Lipinski definition) is 12. The Labute approximate surface area is 289 Å². The van der Waals surface area contributed by atoms with E-state index in [0.717, 1.165) is 11.0 Å². The van der Waals surface area contributed by atoms with Crippen LogP contribution < -0.4 is 33.5 Å². The Morgan fingerprint density at radius 1 is 1.18 bits per heavy atom. The minimum Gasteiger partial charge on any atom is -0.479 e. The molecular formula is C32H49N9O9. The number of nitrogens with one attached hydrogen (secondary N) is 3. The van der Waals surface area contributed by atoms with Crippen molar-refractivity contribution in [3.63, 3.8) is 0 Å². The predicted molar refractivity (Wildman–Crippen MR) is 180 cm³/mol. The number of Topliss-reactive ketones (excluding diaryl/α,β-unsaturated/α-hetero) is 1. The van der Waals surface area contributed by atoms with E-state index in [9.17, 15) is 39.0 Å². The molecule has 2 aliphatic heterocycles. The Morgan fingerprint density at radius 2 is 1.84 bits per heavy atom. The minimum atomic E-state index is -1.42. The summed E-state index contributed by atoms with van der Waals surface area (Å²) in [4.78, 5) is 75.8. The average Bonchev–Trinajstić information content (AvgIpc) is 3.01. The van der Waals surface area contributed by atoms with Crippen molar-refractivity contribution in [2.75, 3.05) is 19.3 Å². The molecule has 1 aliphatic carbocycles. The largest absolute Gasteiger partial charge is 0.479 e. The van der Waals surface area contributed by atoms with Crippen LogP contribution in [0.2, 0.25) is 0 Å². The van der Waals surface area contributed by atoms with Crippen molar-refractivity contribution in [2.45, 2.75) is 89.3 Å². The third-order valence-corrected chi connectivity index (χ3v) is 9.02. The number of ketones is 1. The molecule has 2 fully saturated rings. The van der Waals surface area contributed by atoms with E-state index in [-0.39, 0.29) is 66.4 Å². The minimum absolute atomic E-state index is 0.00492. The molecule has 18 heteroatoms. The second-order valence-corrected chi connectivity index (χ2v) is 13.4. The van der Waals surface area contributed by atoms with Crippen LogP contribution in [0.4, 0.5) is 5.82 Å². The van der Waals surface area contributed by atoms with Gasteiger partial charge in [0.2, 0.25) is 17.7 Å². The topological polar surface area (TPSA) is 299 Å². The van der Waals surface area contributed by atoms with Gasteiger partial charge in [0.1, 0.15) is 11.6 Å². The number of imide groups is 1. The molecule has 1 saturated carbocycles. The van der Waals surface area contributed by atoms with Crippen LogP contribution >= 0.6 is 0 Å². The zero-order valence-corrected chi connectivity index (χ0v) is 28.5. The fourth-order valence-electron chi connectivity index (χ4n) is 6.38. The molecule has 1 saturated heterocycles. The van der Waals surface area contributed by atoms with Crippen molar-refractivity contribution in [1.82, 2.24) is 25.1 Å². The number of ether oxygens (including phenoxy) is 1. The van der Waals surface area contributed by atoms with Crippen molar-refractivity contribution in [2.24, 2.45) is 35.1 Å². The molecule has 1 unspecified atom stereocenters. The summed E-state index contributed by atoms with van der Waals surface area (Å²) in [5.74, 6) is -2.34. The molecule has 3 aliphatic rings. The van der Waals surface area contributed by atoms with Crippen LogP contribution in [-0.4, -0.2) is 98.0 Å². The van der Waals surface area contributed by atoms with Crippen molar-refractivity contribution in [3.8, 4) is 0 Å². The Kier molecular flexibility index (Phi) is 14.2. The first-order chi connectivity index (χ1) is 23.4. The van der Waals surface area contributed by atoms with E-state index in [1.807, 2.05) is 6.92 Å². The number of carbonyl (C=O) groups excluding carboxylic acids is 4. The van der Waals surface area contributed by atoms with Crippen molar-refractivity contribution in [1.29, 1.82) is 5.41 Å². The summed E-state index contributed by atoms with van der Waals surface area (Å²) in [6.07, 6.45) is 3.89. The lowest BCUT2D eigenvalue weighted by Gasteiger charge is -2.34. The molecule has 4 rings (SSSR count). The van der Waals surface area contributed by atoms with Crippen LogP contribution in [0.25, 0.3) is 0 Å². The average molecular weight is 704 g/mol. The second kappa shape index (κ2) is 17.8. The summed E-state index contributed by atoms with van der Waals surface area (Å²) in [6, 6.07) is -0.0702. The summed E-state index contributed by atoms with van der Waals surface area (Å²) in [5, 5.41) is 32.0. The number of carboxylic acid groups (broad SMARTS) is 1. The number of aliphatic hydroxyl groups is 1. The van der Waals surface area contributed by atoms with Gasteiger partial charge in [0.15, 0.2) is 18.3 Å². The highest BCUT2D eigenvalue weighted by atomic mass is 16.5. The summed E-state index contributed by atoms with van der Waals surface area (Å²) < 4.78 is 6.57. The molecule has 0 radical (unpaired) electrons. The molecule has 3 amide bonds. The molecule has 8 atom stereocenters. The number of carboxylic acids is 1. The fourth-order valence-corrected chi connectivity index (χ4v) is 6.38. The van der Waals surface area contributed by atoms with Crippen LogP contribution in [-0.2, 0) is 28.7 Å². The van der Waals surface area contributed by atoms with Gasteiger partial charge in [-0.05, 0) is 49.7 Å². The second-order valence-electron chi connectivity index (χ2n) is 13.4. The first-order valence-corrected chi connectivity index (χ1v) is 16.5. The Morgan fingerprint density at radius 3 is 2.44 bits per heavy atom. The van der Waals surface area contributed by atoms with Crippen LogP contribution in [0.15, 0.2) is 29.2 Å². The van der Waals surface area contributed by atoms with E-state index in [1.165, 1.54) is 29.3 Å². The van der Waals surface area contributed by atoms with Crippen molar-refractivity contribution in [3.05, 3.63) is 34.9 Å². The molecule has 0 spiro atoms. The number of rotatable bonds is 11. The summed E-state index contributed by atoms with van der Waals surface area (Å²) in [7, 11) is 1.63.